The number of hydrogen-bond donors (Lipinski definition) is 0. The van der Waals surface area contributed by atoms with Crippen LogP contribution >= 0.6 is 0 Å². The molecule has 0 saturated heterocycles. The molecule has 0 heterocycles. The van der Waals surface area contributed by atoms with Gasteiger partial charge in [-0.25, -0.2) is 0 Å². The molecule has 0 radical (unpaired) electrons. The molecule has 0 bridgehead atoms. The molecular formula is C30H48. The van der Waals surface area contributed by atoms with Gasteiger partial charge in [0.25, 0.3) is 0 Å². The van der Waals surface area contributed by atoms with Crippen molar-refractivity contribution < 1.29 is 0 Å². The van der Waals surface area contributed by atoms with E-state index in [-0.39, 0.29) is 0 Å². The Balaban J connectivity index is 1.59. The SMILES string of the molecule is CC1(C)CCC2(C)CC[C@]3(C)C(=CCC4C5(C)CC=CC(C)(C)[C@@H]5CCC43C)C2C1. The summed E-state index contributed by atoms with van der Waals surface area (Å²) >= 11 is 0. The summed E-state index contributed by atoms with van der Waals surface area (Å²) in [6, 6.07) is 0. The van der Waals surface area contributed by atoms with E-state index in [1.54, 1.807) is 0 Å². The number of allylic oxidation sites excluding steroid dienone is 4. The van der Waals surface area contributed by atoms with Crippen molar-refractivity contribution in [3.8, 4) is 0 Å². The van der Waals surface area contributed by atoms with Crippen LogP contribution in [0.5, 0.6) is 0 Å². The molecule has 3 saturated carbocycles. The van der Waals surface area contributed by atoms with Crippen molar-refractivity contribution in [3.05, 3.63) is 23.8 Å². The first-order valence-corrected chi connectivity index (χ1v) is 13.2. The average Bonchev–Trinajstić information content (AvgIpc) is 2.63. The second-order valence-electron chi connectivity index (χ2n) is 14.8. The van der Waals surface area contributed by atoms with Crippen molar-refractivity contribution >= 4 is 0 Å². The van der Waals surface area contributed by atoms with Gasteiger partial charge >= 0.3 is 0 Å². The second-order valence-corrected chi connectivity index (χ2v) is 14.8. The van der Waals surface area contributed by atoms with Crippen LogP contribution in [0, 0.1) is 50.2 Å². The Morgan fingerprint density at radius 1 is 0.800 bits per heavy atom. The molecule has 5 unspecified atom stereocenters. The van der Waals surface area contributed by atoms with E-state index in [1.807, 2.05) is 5.57 Å². The molecule has 7 atom stereocenters. The van der Waals surface area contributed by atoms with Crippen LogP contribution in [-0.4, -0.2) is 0 Å². The van der Waals surface area contributed by atoms with Crippen LogP contribution in [0.2, 0.25) is 0 Å². The average molecular weight is 409 g/mol. The van der Waals surface area contributed by atoms with E-state index in [9.17, 15) is 0 Å². The Morgan fingerprint density at radius 2 is 1.50 bits per heavy atom. The summed E-state index contributed by atoms with van der Waals surface area (Å²) in [4.78, 5) is 0. The van der Waals surface area contributed by atoms with Crippen molar-refractivity contribution in [1.29, 1.82) is 0 Å². The van der Waals surface area contributed by atoms with Crippen LogP contribution < -0.4 is 0 Å². The van der Waals surface area contributed by atoms with Crippen LogP contribution in [0.4, 0.5) is 0 Å². The molecule has 0 amide bonds. The predicted octanol–water partition coefficient (Wildman–Crippen LogP) is 8.97. The van der Waals surface area contributed by atoms with Crippen LogP contribution in [-0.2, 0) is 0 Å². The van der Waals surface area contributed by atoms with Crippen LogP contribution in [0.1, 0.15) is 113 Å². The summed E-state index contributed by atoms with van der Waals surface area (Å²) in [6.07, 6.45) is 20.6. The van der Waals surface area contributed by atoms with Gasteiger partial charge in [0.05, 0.1) is 0 Å². The Hall–Kier alpha value is -0.520. The highest BCUT2D eigenvalue weighted by Gasteiger charge is 2.66. The minimum atomic E-state index is 0.359. The highest BCUT2D eigenvalue weighted by molar-refractivity contribution is 5.34. The van der Waals surface area contributed by atoms with E-state index in [4.69, 9.17) is 0 Å². The molecule has 0 N–H and O–H groups in total. The molecule has 0 aliphatic heterocycles. The third-order valence-corrected chi connectivity index (χ3v) is 12.3. The van der Waals surface area contributed by atoms with E-state index in [0.29, 0.717) is 32.5 Å². The highest BCUT2D eigenvalue weighted by atomic mass is 14.7. The lowest BCUT2D eigenvalue weighted by Crippen LogP contribution is -2.62. The Bertz CT molecular complexity index is 795. The summed E-state index contributed by atoms with van der Waals surface area (Å²) in [6.45, 7) is 20.9. The van der Waals surface area contributed by atoms with Gasteiger partial charge in [0.1, 0.15) is 0 Å². The van der Waals surface area contributed by atoms with E-state index in [2.05, 4.69) is 73.6 Å². The van der Waals surface area contributed by atoms with Crippen molar-refractivity contribution in [3.63, 3.8) is 0 Å². The quantitative estimate of drug-likeness (QED) is 0.351. The number of hydrogen-bond acceptors (Lipinski definition) is 0. The van der Waals surface area contributed by atoms with Crippen molar-refractivity contribution in [2.45, 2.75) is 113 Å². The van der Waals surface area contributed by atoms with E-state index >= 15 is 0 Å². The molecule has 5 aliphatic rings. The maximum Gasteiger partial charge on any atom is -0.00565 e. The van der Waals surface area contributed by atoms with E-state index in [1.165, 1.54) is 57.8 Å². The molecule has 0 aromatic rings. The molecule has 168 valence electrons. The fourth-order valence-electron chi connectivity index (χ4n) is 10.1. The van der Waals surface area contributed by atoms with Gasteiger partial charge in [-0.2, -0.15) is 0 Å². The van der Waals surface area contributed by atoms with Crippen molar-refractivity contribution in [1.82, 2.24) is 0 Å². The summed E-state index contributed by atoms with van der Waals surface area (Å²) < 4.78 is 0. The van der Waals surface area contributed by atoms with Crippen LogP contribution in [0.15, 0.2) is 23.8 Å². The smallest absolute Gasteiger partial charge is 0.00565 e. The molecule has 0 spiro atoms. The van der Waals surface area contributed by atoms with Gasteiger partial charge in [0.2, 0.25) is 0 Å². The van der Waals surface area contributed by atoms with Crippen molar-refractivity contribution in [2.24, 2.45) is 50.2 Å². The van der Waals surface area contributed by atoms with Gasteiger partial charge in [-0.05, 0) is 108 Å². The van der Waals surface area contributed by atoms with Gasteiger partial charge in [-0.1, -0.05) is 79.2 Å². The first-order valence-electron chi connectivity index (χ1n) is 13.2. The standard InChI is InChI=1S/C30H48/c1-25(2)16-17-27(5)18-19-29(7)21(22(27)20-25)10-11-24-28(6)14-9-13-26(3,4)23(28)12-15-30(24,29)8/h9-10,13,22-24H,11-12,14-20H2,1-8H3/t22?,23-,24?,27?,28?,29+,30?/m0/s1. The maximum absolute atomic E-state index is 2.83. The topological polar surface area (TPSA) is 0 Å². The Labute approximate surface area is 187 Å². The van der Waals surface area contributed by atoms with E-state index in [0.717, 1.165) is 17.8 Å². The lowest BCUT2D eigenvalue weighted by atomic mass is 9.34. The first kappa shape index (κ1) is 21.3. The summed E-state index contributed by atoms with van der Waals surface area (Å²) in [5.74, 6) is 2.50. The Morgan fingerprint density at radius 3 is 2.23 bits per heavy atom. The molecule has 30 heavy (non-hydrogen) atoms. The molecule has 0 heteroatoms. The number of rotatable bonds is 0. The van der Waals surface area contributed by atoms with E-state index < -0.39 is 0 Å². The molecule has 0 aromatic heterocycles. The second kappa shape index (κ2) is 6.08. The molecule has 0 nitrogen and oxygen atoms in total. The van der Waals surface area contributed by atoms with Gasteiger partial charge in [0.15, 0.2) is 0 Å². The van der Waals surface area contributed by atoms with Crippen LogP contribution in [0.25, 0.3) is 0 Å². The molecule has 0 aromatic carbocycles. The Kier molecular flexibility index (Phi) is 4.32. The predicted molar refractivity (Wildman–Crippen MR) is 129 cm³/mol. The lowest BCUT2D eigenvalue weighted by molar-refractivity contribution is -0.160. The van der Waals surface area contributed by atoms with Gasteiger partial charge in [-0.15, -0.1) is 0 Å². The minimum Gasteiger partial charge on any atom is -0.0874 e. The van der Waals surface area contributed by atoms with Gasteiger partial charge in [0, 0.05) is 0 Å². The molecule has 5 rings (SSSR count). The largest absolute Gasteiger partial charge is 0.0874 e. The minimum absolute atomic E-state index is 0.359. The normalized spacial score (nSPS) is 53.6. The third kappa shape index (κ3) is 2.58. The molecule has 3 fully saturated rings. The molecule has 5 aliphatic carbocycles. The van der Waals surface area contributed by atoms with Gasteiger partial charge in [-0.3, -0.25) is 0 Å². The monoisotopic (exact) mass is 408 g/mol. The number of fused-ring (bicyclic) bond motifs is 7. The lowest BCUT2D eigenvalue weighted by Gasteiger charge is -2.70. The zero-order valence-corrected chi connectivity index (χ0v) is 21.3. The zero-order chi connectivity index (χ0) is 21.8. The van der Waals surface area contributed by atoms with Crippen LogP contribution in [0.3, 0.4) is 0 Å². The van der Waals surface area contributed by atoms with Gasteiger partial charge < -0.3 is 0 Å². The maximum atomic E-state index is 2.83. The first-order chi connectivity index (χ1) is 13.8. The summed E-state index contributed by atoms with van der Waals surface area (Å²) in [7, 11) is 0. The summed E-state index contributed by atoms with van der Waals surface area (Å²) in [5, 5.41) is 0. The fourth-order valence-corrected chi connectivity index (χ4v) is 10.1. The fraction of sp³-hybridized carbons (Fsp3) is 0.867. The third-order valence-electron chi connectivity index (χ3n) is 12.3. The zero-order valence-electron chi connectivity index (χ0n) is 21.3. The van der Waals surface area contributed by atoms with Crippen molar-refractivity contribution in [2.75, 3.05) is 0 Å². The summed E-state index contributed by atoms with van der Waals surface area (Å²) in [5.41, 5.74) is 4.68. The molecular weight excluding hydrogens is 360 g/mol. The highest BCUT2D eigenvalue weighted by Crippen LogP contribution is 2.75.